The van der Waals surface area contributed by atoms with E-state index >= 15 is 0 Å². The van der Waals surface area contributed by atoms with Gasteiger partial charge in [0, 0.05) is 33.3 Å². The molecule has 0 saturated heterocycles. The summed E-state index contributed by atoms with van der Waals surface area (Å²) in [6, 6.07) is 2.46. The Morgan fingerprint density at radius 3 is 2.95 bits per heavy atom. The van der Waals surface area contributed by atoms with E-state index < -0.39 is 0 Å². The van der Waals surface area contributed by atoms with Crippen LogP contribution in [0.4, 0.5) is 0 Å². The maximum absolute atomic E-state index is 4.86. The fourth-order valence-electron chi connectivity index (χ4n) is 3.02. The molecule has 2 aromatic rings. The van der Waals surface area contributed by atoms with E-state index in [0.717, 1.165) is 34.6 Å². The number of rotatable bonds is 3. The maximum Gasteiger partial charge on any atom is 0.169 e. The van der Waals surface area contributed by atoms with Gasteiger partial charge in [-0.15, -0.1) is 11.3 Å². The molecule has 3 rings (SSSR count). The molecular weight excluding hydrogens is 346 g/mol. The molecule has 0 spiro atoms. The van der Waals surface area contributed by atoms with Crippen molar-refractivity contribution < 1.29 is 0 Å². The summed E-state index contributed by atoms with van der Waals surface area (Å²) in [6.07, 6.45) is 4.18. The minimum atomic E-state index is 0.279. The summed E-state index contributed by atoms with van der Waals surface area (Å²) >= 11 is 5.17. The van der Waals surface area contributed by atoms with Crippen LogP contribution in [0, 0.1) is 5.41 Å². The summed E-state index contributed by atoms with van der Waals surface area (Å²) in [4.78, 5) is 10.6. The van der Waals surface area contributed by atoms with Crippen molar-refractivity contribution in [3.63, 3.8) is 0 Å². The van der Waals surface area contributed by atoms with Gasteiger partial charge in [-0.1, -0.05) is 20.8 Å². The number of nitrogens with one attached hydrogen (secondary N) is 1. The fourth-order valence-corrected chi connectivity index (χ4v) is 4.39. The van der Waals surface area contributed by atoms with E-state index in [1.165, 1.54) is 11.3 Å². The van der Waals surface area contributed by atoms with Gasteiger partial charge in [-0.3, -0.25) is 0 Å². The zero-order valence-corrected chi connectivity index (χ0v) is 15.0. The third-order valence-corrected chi connectivity index (χ3v) is 5.60. The molecule has 0 bridgehead atoms. The van der Waals surface area contributed by atoms with Crippen LogP contribution in [0.5, 0.6) is 0 Å². The molecule has 0 aromatic carbocycles. The molecule has 21 heavy (non-hydrogen) atoms. The molecule has 2 heterocycles. The van der Waals surface area contributed by atoms with E-state index in [1.807, 2.05) is 6.20 Å². The van der Waals surface area contributed by atoms with Crippen LogP contribution < -0.4 is 5.32 Å². The van der Waals surface area contributed by atoms with Gasteiger partial charge < -0.3 is 5.32 Å². The molecule has 2 aromatic heterocycles. The summed E-state index contributed by atoms with van der Waals surface area (Å²) in [6.45, 7) is 7.77. The zero-order valence-electron chi connectivity index (χ0n) is 12.6. The van der Waals surface area contributed by atoms with E-state index in [0.29, 0.717) is 6.04 Å². The van der Waals surface area contributed by atoms with Gasteiger partial charge in [0.2, 0.25) is 0 Å². The van der Waals surface area contributed by atoms with Crippen LogP contribution in [0.1, 0.15) is 44.5 Å². The smallest absolute Gasteiger partial charge is 0.169 e. The van der Waals surface area contributed by atoms with Crippen molar-refractivity contribution in [1.82, 2.24) is 15.3 Å². The van der Waals surface area contributed by atoms with Crippen LogP contribution in [0.2, 0.25) is 0 Å². The fraction of sp³-hybridized carbons (Fsp3) is 0.500. The van der Waals surface area contributed by atoms with Gasteiger partial charge in [0.15, 0.2) is 5.82 Å². The van der Waals surface area contributed by atoms with Crippen molar-refractivity contribution >= 4 is 27.3 Å². The van der Waals surface area contributed by atoms with Gasteiger partial charge in [0.25, 0.3) is 0 Å². The van der Waals surface area contributed by atoms with Crippen molar-refractivity contribution in [2.24, 2.45) is 5.41 Å². The minimum Gasteiger partial charge on any atom is -0.310 e. The summed E-state index contributed by atoms with van der Waals surface area (Å²) in [5.41, 5.74) is 2.75. The quantitative estimate of drug-likeness (QED) is 0.863. The van der Waals surface area contributed by atoms with Crippen molar-refractivity contribution in [3.8, 4) is 10.7 Å². The average Bonchev–Trinajstić information content (AvgIpc) is 2.84. The number of nitrogens with zero attached hydrogens (tertiary/aromatic N) is 2. The van der Waals surface area contributed by atoms with Crippen molar-refractivity contribution in [3.05, 3.63) is 33.4 Å². The number of hydrogen-bond acceptors (Lipinski definition) is 4. The molecule has 3 nitrogen and oxygen atoms in total. The predicted octanol–water partition coefficient (Wildman–Crippen LogP) is 4.59. The molecular formula is C16H20BrN3S. The lowest BCUT2D eigenvalue weighted by atomic mass is 9.74. The Balaban J connectivity index is 2.00. The monoisotopic (exact) mass is 365 g/mol. The molecule has 112 valence electrons. The highest BCUT2D eigenvalue weighted by Crippen LogP contribution is 2.40. The van der Waals surface area contributed by atoms with E-state index in [-0.39, 0.29) is 5.41 Å². The largest absolute Gasteiger partial charge is 0.310 e. The predicted molar refractivity (Wildman–Crippen MR) is 91.6 cm³/mol. The minimum absolute atomic E-state index is 0.279. The van der Waals surface area contributed by atoms with Crippen LogP contribution in [-0.2, 0) is 6.42 Å². The Morgan fingerprint density at radius 2 is 2.29 bits per heavy atom. The second kappa shape index (κ2) is 5.78. The molecule has 1 N–H and O–H groups in total. The molecule has 0 saturated carbocycles. The zero-order chi connectivity index (χ0) is 15.0. The second-order valence-corrected chi connectivity index (χ2v) is 8.21. The number of halogens is 1. The first-order valence-electron chi connectivity index (χ1n) is 7.32. The first kappa shape index (κ1) is 15.1. The summed E-state index contributed by atoms with van der Waals surface area (Å²) < 4.78 is 1.09. The van der Waals surface area contributed by atoms with Crippen LogP contribution in [-0.4, -0.2) is 16.5 Å². The molecule has 0 amide bonds. The molecule has 1 aliphatic rings. The van der Waals surface area contributed by atoms with Crippen LogP contribution >= 0.6 is 27.3 Å². The molecule has 5 heteroatoms. The topological polar surface area (TPSA) is 37.8 Å². The summed E-state index contributed by atoms with van der Waals surface area (Å²) in [7, 11) is 0. The highest BCUT2D eigenvalue weighted by atomic mass is 79.9. The maximum atomic E-state index is 4.86. The molecule has 0 fully saturated rings. The van der Waals surface area contributed by atoms with E-state index in [4.69, 9.17) is 4.98 Å². The van der Waals surface area contributed by atoms with Crippen molar-refractivity contribution in [1.29, 1.82) is 0 Å². The standard InChI is InChI=1S/C16H20BrN3S/c1-4-18-12-6-16(2,3)7-13-11(12)8-19-15(20-13)14-5-10(17)9-21-14/h5,8-9,12,18H,4,6-7H2,1-3H3. The van der Waals surface area contributed by atoms with Crippen molar-refractivity contribution in [2.75, 3.05) is 6.54 Å². The molecule has 1 aliphatic carbocycles. The molecule has 0 aliphatic heterocycles. The number of fused-ring (bicyclic) bond motifs is 1. The van der Waals surface area contributed by atoms with Gasteiger partial charge in [-0.05, 0) is 46.8 Å². The van der Waals surface area contributed by atoms with Crippen LogP contribution in [0.25, 0.3) is 10.7 Å². The average molecular weight is 366 g/mol. The Bertz CT molecular complexity index is 651. The van der Waals surface area contributed by atoms with Crippen molar-refractivity contribution in [2.45, 2.75) is 39.7 Å². The second-order valence-electron chi connectivity index (χ2n) is 6.38. The Morgan fingerprint density at radius 1 is 1.48 bits per heavy atom. The van der Waals surface area contributed by atoms with E-state index in [1.54, 1.807) is 11.3 Å². The molecule has 1 atom stereocenters. The number of thiophene rings is 1. The number of hydrogen-bond donors (Lipinski definition) is 1. The van der Waals surface area contributed by atoms with E-state index in [9.17, 15) is 0 Å². The summed E-state index contributed by atoms with van der Waals surface area (Å²) in [5, 5.41) is 5.65. The lowest BCUT2D eigenvalue weighted by molar-refractivity contribution is 0.255. The molecule has 0 radical (unpaired) electrons. The summed E-state index contributed by atoms with van der Waals surface area (Å²) in [5.74, 6) is 0.845. The third kappa shape index (κ3) is 3.20. The number of aromatic nitrogens is 2. The first-order valence-corrected chi connectivity index (χ1v) is 8.99. The Kier molecular flexibility index (Phi) is 4.17. The lowest BCUT2D eigenvalue weighted by Gasteiger charge is -2.36. The van der Waals surface area contributed by atoms with Gasteiger partial charge in [-0.25, -0.2) is 9.97 Å². The SMILES string of the molecule is CCNC1CC(C)(C)Cc2nc(-c3cc(Br)cs3)ncc21. The first-order chi connectivity index (χ1) is 9.98. The van der Waals surface area contributed by atoms with Crippen LogP contribution in [0.3, 0.4) is 0 Å². The Labute approximate surface area is 138 Å². The van der Waals surface area contributed by atoms with Gasteiger partial charge in [-0.2, -0.15) is 0 Å². The third-order valence-electron chi connectivity index (χ3n) is 3.92. The van der Waals surface area contributed by atoms with E-state index in [2.05, 4.69) is 58.4 Å². The van der Waals surface area contributed by atoms with Crippen LogP contribution in [0.15, 0.2) is 22.1 Å². The van der Waals surface area contributed by atoms with Gasteiger partial charge in [0.05, 0.1) is 4.88 Å². The highest BCUT2D eigenvalue weighted by Gasteiger charge is 2.33. The van der Waals surface area contributed by atoms with Gasteiger partial charge in [0.1, 0.15) is 0 Å². The molecule has 1 unspecified atom stereocenters. The lowest BCUT2D eigenvalue weighted by Crippen LogP contribution is -2.34. The normalized spacial score (nSPS) is 20.3. The Hall–Kier alpha value is -0.780. The highest BCUT2D eigenvalue weighted by molar-refractivity contribution is 9.10. The van der Waals surface area contributed by atoms with Gasteiger partial charge >= 0.3 is 0 Å².